The van der Waals surface area contributed by atoms with E-state index in [1.807, 2.05) is 6.26 Å². The summed E-state index contributed by atoms with van der Waals surface area (Å²) in [4.78, 5) is 0. The first-order valence-corrected chi connectivity index (χ1v) is 6.01. The minimum Gasteiger partial charge on any atom is -0.472 e. The third-order valence-electron chi connectivity index (χ3n) is 3.64. The van der Waals surface area contributed by atoms with Gasteiger partial charge in [-0.25, -0.2) is 0 Å². The molecule has 0 bridgehead atoms. The van der Waals surface area contributed by atoms with Crippen molar-refractivity contribution in [3.63, 3.8) is 0 Å². The van der Waals surface area contributed by atoms with Crippen molar-refractivity contribution in [2.45, 2.75) is 51.0 Å². The van der Waals surface area contributed by atoms with Crippen LogP contribution in [0.1, 0.15) is 45.1 Å². The zero-order valence-corrected chi connectivity index (χ0v) is 9.75. The molecule has 2 rings (SSSR count). The van der Waals surface area contributed by atoms with Gasteiger partial charge in [-0.2, -0.15) is 0 Å². The van der Waals surface area contributed by atoms with E-state index in [0.29, 0.717) is 11.5 Å². The third kappa shape index (κ3) is 2.25. The van der Waals surface area contributed by atoms with Gasteiger partial charge in [-0.15, -0.1) is 0 Å². The van der Waals surface area contributed by atoms with Crippen molar-refractivity contribution in [2.75, 3.05) is 6.54 Å². The smallest absolute Gasteiger partial charge is 0.0940 e. The quantitative estimate of drug-likeness (QED) is 0.820. The summed E-state index contributed by atoms with van der Waals surface area (Å²) in [6.45, 7) is 5.72. The van der Waals surface area contributed by atoms with Gasteiger partial charge >= 0.3 is 0 Å². The van der Waals surface area contributed by atoms with Gasteiger partial charge in [0, 0.05) is 6.04 Å². The first-order valence-electron chi connectivity index (χ1n) is 6.01. The lowest BCUT2D eigenvalue weighted by atomic mass is 9.82. The first kappa shape index (κ1) is 10.7. The maximum absolute atomic E-state index is 5.19. The molecule has 84 valence electrons. The predicted octanol–water partition coefficient (Wildman–Crippen LogP) is 3.09. The Bertz CT molecular complexity index is 293. The molecule has 2 heteroatoms. The molecule has 1 fully saturated rings. The Labute approximate surface area is 92.1 Å². The van der Waals surface area contributed by atoms with E-state index in [1.165, 1.54) is 31.2 Å². The summed E-state index contributed by atoms with van der Waals surface area (Å²) < 4.78 is 5.19. The first-order chi connectivity index (χ1) is 7.24. The van der Waals surface area contributed by atoms with E-state index in [0.717, 1.165) is 6.54 Å². The average molecular weight is 207 g/mol. The second-order valence-corrected chi connectivity index (χ2v) is 4.97. The van der Waals surface area contributed by atoms with Crippen LogP contribution in [0.3, 0.4) is 0 Å². The van der Waals surface area contributed by atoms with Crippen LogP contribution >= 0.6 is 0 Å². The highest BCUT2D eigenvalue weighted by molar-refractivity contribution is 5.21. The van der Waals surface area contributed by atoms with Crippen LogP contribution in [0.25, 0.3) is 0 Å². The normalized spacial score (nSPS) is 30.9. The highest BCUT2D eigenvalue weighted by Gasteiger charge is 2.36. The molecule has 15 heavy (non-hydrogen) atoms. The Kier molecular flexibility index (Phi) is 3.15. The third-order valence-corrected chi connectivity index (χ3v) is 3.64. The fraction of sp³-hybridized carbons (Fsp3) is 0.692. The number of hydrogen-bond donors (Lipinski definition) is 1. The van der Waals surface area contributed by atoms with Crippen LogP contribution in [0.2, 0.25) is 0 Å². The van der Waals surface area contributed by atoms with Gasteiger partial charge < -0.3 is 9.73 Å². The molecule has 0 aromatic carbocycles. The number of rotatable bonds is 4. The van der Waals surface area contributed by atoms with Crippen LogP contribution in [0, 0.1) is 0 Å². The average Bonchev–Trinajstić information content (AvgIpc) is 2.84. The summed E-state index contributed by atoms with van der Waals surface area (Å²) in [6.07, 6.45) is 8.72. The summed E-state index contributed by atoms with van der Waals surface area (Å²) in [7, 11) is 0. The molecule has 1 heterocycles. The Balaban J connectivity index is 1.96. The van der Waals surface area contributed by atoms with Gasteiger partial charge in [-0.1, -0.05) is 13.8 Å². The largest absolute Gasteiger partial charge is 0.472 e. The second kappa shape index (κ2) is 4.40. The highest BCUT2D eigenvalue weighted by Crippen LogP contribution is 2.40. The molecule has 0 amide bonds. The lowest BCUT2D eigenvalue weighted by Crippen LogP contribution is -2.29. The second-order valence-electron chi connectivity index (χ2n) is 4.97. The summed E-state index contributed by atoms with van der Waals surface area (Å²) in [5.74, 6) is 0. The van der Waals surface area contributed by atoms with E-state index in [1.54, 1.807) is 6.26 Å². The fourth-order valence-electron chi connectivity index (χ4n) is 2.63. The predicted molar refractivity (Wildman–Crippen MR) is 62.0 cm³/mol. The molecule has 0 radical (unpaired) electrons. The lowest BCUT2D eigenvalue weighted by molar-refractivity contribution is 0.446. The molecule has 0 aliphatic heterocycles. The van der Waals surface area contributed by atoms with Gasteiger partial charge in [0.25, 0.3) is 0 Å². The van der Waals surface area contributed by atoms with Crippen molar-refractivity contribution in [2.24, 2.45) is 0 Å². The molecule has 1 saturated carbocycles. The molecule has 2 nitrogen and oxygen atoms in total. The Morgan fingerprint density at radius 1 is 1.60 bits per heavy atom. The molecule has 0 spiro atoms. The molecule has 2 unspecified atom stereocenters. The molecular formula is C13H21NO. The molecule has 0 saturated heterocycles. The molecular weight excluding hydrogens is 186 g/mol. The van der Waals surface area contributed by atoms with Crippen LogP contribution in [-0.2, 0) is 5.41 Å². The highest BCUT2D eigenvalue weighted by atomic mass is 16.3. The van der Waals surface area contributed by atoms with Crippen molar-refractivity contribution < 1.29 is 4.42 Å². The summed E-state index contributed by atoms with van der Waals surface area (Å²) in [6, 6.07) is 2.81. The monoisotopic (exact) mass is 207 g/mol. The van der Waals surface area contributed by atoms with Crippen LogP contribution in [0.5, 0.6) is 0 Å². The maximum atomic E-state index is 5.19. The van der Waals surface area contributed by atoms with Crippen molar-refractivity contribution in [1.82, 2.24) is 5.32 Å². The zero-order chi connectivity index (χ0) is 10.7. The minimum absolute atomic E-state index is 0.332. The van der Waals surface area contributed by atoms with E-state index in [4.69, 9.17) is 4.42 Å². The van der Waals surface area contributed by atoms with Crippen LogP contribution in [0.4, 0.5) is 0 Å². The van der Waals surface area contributed by atoms with Crippen LogP contribution < -0.4 is 5.32 Å². The topological polar surface area (TPSA) is 25.2 Å². The van der Waals surface area contributed by atoms with E-state index >= 15 is 0 Å². The van der Waals surface area contributed by atoms with E-state index in [2.05, 4.69) is 25.2 Å². The van der Waals surface area contributed by atoms with Gasteiger partial charge in [0.1, 0.15) is 0 Å². The number of hydrogen-bond acceptors (Lipinski definition) is 2. The van der Waals surface area contributed by atoms with Crippen molar-refractivity contribution in [3.8, 4) is 0 Å². The van der Waals surface area contributed by atoms with Gasteiger partial charge in [0.15, 0.2) is 0 Å². The van der Waals surface area contributed by atoms with Gasteiger partial charge in [-0.05, 0) is 49.3 Å². The standard InChI is InChI=1S/C13H21NO/c1-3-7-14-12-4-6-13(2,9-12)11-5-8-15-10-11/h5,8,10,12,14H,3-4,6-7,9H2,1-2H3. The van der Waals surface area contributed by atoms with Crippen molar-refractivity contribution >= 4 is 0 Å². The minimum atomic E-state index is 0.332. The Hall–Kier alpha value is -0.760. The SMILES string of the molecule is CCCNC1CCC(C)(c2ccoc2)C1. The molecule has 1 aliphatic rings. The summed E-state index contributed by atoms with van der Waals surface area (Å²) >= 11 is 0. The van der Waals surface area contributed by atoms with Crippen molar-refractivity contribution in [1.29, 1.82) is 0 Å². The van der Waals surface area contributed by atoms with E-state index < -0.39 is 0 Å². The van der Waals surface area contributed by atoms with E-state index in [-0.39, 0.29) is 0 Å². The van der Waals surface area contributed by atoms with Crippen molar-refractivity contribution in [3.05, 3.63) is 24.2 Å². The molecule has 1 aliphatic carbocycles. The number of nitrogens with one attached hydrogen (secondary N) is 1. The van der Waals surface area contributed by atoms with Gasteiger partial charge in [0.05, 0.1) is 12.5 Å². The van der Waals surface area contributed by atoms with E-state index in [9.17, 15) is 0 Å². The summed E-state index contributed by atoms with van der Waals surface area (Å²) in [5, 5.41) is 3.62. The molecule has 1 aromatic rings. The number of furan rings is 1. The fourth-order valence-corrected chi connectivity index (χ4v) is 2.63. The molecule has 1 N–H and O–H groups in total. The Morgan fingerprint density at radius 3 is 3.13 bits per heavy atom. The molecule has 2 atom stereocenters. The zero-order valence-electron chi connectivity index (χ0n) is 9.75. The lowest BCUT2D eigenvalue weighted by Gasteiger charge is -2.22. The van der Waals surface area contributed by atoms with Gasteiger partial charge in [0.2, 0.25) is 0 Å². The van der Waals surface area contributed by atoms with Crippen LogP contribution in [0.15, 0.2) is 23.0 Å². The van der Waals surface area contributed by atoms with Crippen LogP contribution in [-0.4, -0.2) is 12.6 Å². The Morgan fingerprint density at radius 2 is 2.47 bits per heavy atom. The maximum Gasteiger partial charge on any atom is 0.0940 e. The molecule has 1 aromatic heterocycles. The summed E-state index contributed by atoms with van der Waals surface area (Å²) in [5.41, 5.74) is 1.70. The van der Waals surface area contributed by atoms with Gasteiger partial charge in [-0.3, -0.25) is 0 Å².